The van der Waals surface area contributed by atoms with E-state index in [4.69, 9.17) is 9.47 Å². The number of nitrogens with zero attached hydrogens (tertiary/aromatic N) is 1. The average Bonchev–Trinajstić information content (AvgIpc) is 3.08. The summed E-state index contributed by atoms with van der Waals surface area (Å²) in [7, 11) is 3.15. The van der Waals surface area contributed by atoms with Crippen LogP contribution in [-0.2, 0) is 16.0 Å². The number of likely N-dealkylation sites (tertiary alicyclic amines) is 1. The molecule has 0 saturated carbocycles. The molecule has 0 radical (unpaired) electrons. The number of carbonyl (C=O) groups excluding carboxylic acids is 2. The molecule has 148 valence electrons. The summed E-state index contributed by atoms with van der Waals surface area (Å²) >= 11 is 0. The number of carbonyl (C=O) groups is 2. The molecule has 28 heavy (non-hydrogen) atoms. The Morgan fingerprint density at radius 3 is 2.64 bits per heavy atom. The third-order valence-corrected chi connectivity index (χ3v) is 4.84. The molecule has 0 spiro atoms. The third-order valence-electron chi connectivity index (χ3n) is 4.84. The second kappa shape index (κ2) is 8.73. The van der Waals surface area contributed by atoms with Gasteiger partial charge in [0.1, 0.15) is 5.82 Å². The first-order valence-electron chi connectivity index (χ1n) is 9.06. The lowest BCUT2D eigenvalue weighted by Crippen LogP contribution is -2.30. The number of benzene rings is 2. The first-order valence-corrected chi connectivity index (χ1v) is 9.06. The van der Waals surface area contributed by atoms with Crippen molar-refractivity contribution in [1.82, 2.24) is 4.90 Å². The van der Waals surface area contributed by atoms with Crippen molar-refractivity contribution in [2.75, 3.05) is 32.6 Å². The van der Waals surface area contributed by atoms with Gasteiger partial charge in [-0.25, -0.2) is 4.39 Å². The molecule has 2 amide bonds. The summed E-state index contributed by atoms with van der Waals surface area (Å²) < 4.78 is 24.2. The zero-order valence-electron chi connectivity index (χ0n) is 15.9. The molecule has 1 atom stereocenters. The Hall–Kier alpha value is -3.09. The minimum atomic E-state index is -0.495. The van der Waals surface area contributed by atoms with Crippen molar-refractivity contribution in [2.45, 2.75) is 12.8 Å². The normalized spacial score (nSPS) is 16.2. The van der Waals surface area contributed by atoms with Crippen LogP contribution in [-0.4, -0.2) is 44.0 Å². The zero-order chi connectivity index (χ0) is 20.1. The number of hydrogen-bond donors (Lipinski definition) is 1. The van der Waals surface area contributed by atoms with Crippen LogP contribution in [0.15, 0.2) is 42.5 Å². The molecule has 0 aliphatic carbocycles. The maximum atomic E-state index is 13.7. The van der Waals surface area contributed by atoms with Crippen molar-refractivity contribution < 1.29 is 23.5 Å². The zero-order valence-corrected chi connectivity index (χ0v) is 15.9. The van der Waals surface area contributed by atoms with Crippen molar-refractivity contribution in [3.8, 4) is 11.5 Å². The second-order valence-corrected chi connectivity index (χ2v) is 6.65. The van der Waals surface area contributed by atoms with Crippen LogP contribution in [0.1, 0.15) is 12.0 Å². The van der Waals surface area contributed by atoms with Crippen LogP contribution in [0.5, 0.6) is 11.5 Å². The van der Waals surface area contributed by atoms with Gasteiger partial charge in [-0.15, -0.1) is 0 Å². The van der Waals surface area contributed by atoms with Crippen LogP contribution in [0, 0.1) is 11.7 Å². The molecule has 1 saturated heterocycles. The minimum absolute atomic E-state index is 0.0749. The summed E-state index contributed by atoms with van der Waals surface area (Å²) in [5, 5.41) is 2.57. The minimum Gasteiger partial charge on any atom is -0.493 e. The van der Waals surface area contributed by atoms with E-state index in [-0.39, 0.29) is 23.9 Å². The van der Waals surface area contributed by atoms with Crippen molar-refractivity contribution in [2.24, 2.45) is 5.92 Å². The van der Waals surface area contributed by atoms with E-state index in [0.717, 1.165) is 5.56 Å². The van der Waals surface area contributed by atoms with E-state index in [1.54, 1.807) is 31.3 Å². The maximum Gasteiger partial charge on any atom is 0.229 e. The molecule has 1 N–H and O–H groups in total. The number of para-hydroxylation sites is 1. The SMILES string of the molecule is COc1ccc(CCN2C[C@@H](C(=O)Nc3ccccc3F)CC2=O)cc1OC. The monoisotopic (exact) mass is 386 g/mol. The molecule has 1 aliphatic rings. The largest absolute Gasteiger partial charge is 0.493 e. The molecule has 2 aromatic carbocycles. The number of nitrogens with one attached hydrogen (secondary N) is 1. The predicted octanol–water partition coefficient (Wildman–Crippen LogP) is 2.87. The van der Waals surface area contributed by atoms with Crippen molar-refractivity contribution in [1.29, 1.82) is 0 Å². The highest BCUT2D eigenvalue weighted by atomic mass is 19.1. The fourth-order valence-electron chi connectivity index (χ4n) is 3.26. The van der Waals surface area contributed by atoms with Gasteiger partial charge in [-0.1, -0.05) is 18.2 Å². The van der Waals surface area contributed by atoms with Gasteiger partial charge in [-0.2, -0.15) is 0 Å². The van der Waals surface area contributed by atoms with E-state index in [1.807, 2.05) is 18.2 Å². The van der Waals surface area contributed by atoms with Crippen molar-refractivity contribution >= 4 is 17.5 Å². The Balaban J connectivity index is 1.57. The van der Waals surface area contributed by atoms with E-state index < -0.39 is 11.7 Å². The number of halogens is 1. The number of ether oxygens (including phenoxy) is 2. The Bertz CT molecular complexity index is 871. The molecular formula is C21H23FN2O4. The molecule has 2 aromatic rings. The highest BCUT2D eigenvalue weighted by Crippen LogP contribution is 2.28. The lowest BCUT2D eigenvalue weighted by Gasteiger charge is -2.17. The summed E-state index contributed by atoms with van der Waals surface area (Å²) in [5.74, 6) is -0.118. The van der Waals surface area contributed by atoms with Gasteiger partial charge in [0.15, 0.2) is 11.5 Å². The van der Waals surface area contributed by atoms with Crippen LogP contribution >= 0.6 is 0 Å². The average molecular weight is 386 g/mol. The Morgan fingerprint density at radius 1 is 1.18 bits per heavy atom. The molecule has 1 heterocycles. The summed E-state index contributed by atoms with van der Waals surface area (Å²) in [6.45, 7) is 0.824. The van der Waals surface area contributed by atoms with Gasteiger partial charge < -0.3 is 19.7 Å². The lowest BCUT2D eigenvalue weighted by molar-refractivity contribution is -0.128. The Morgan fingerprint density at radius 2 is 1.93 bits per heavy atom. The molecule has 0 aromatic heterocycles. The summed E-state index contributed by atoms with van der Waals surface area (Å²) in [6, 6.07) is 11.6. The topological polar surface area (TPSA) is 67.9 Å². The van der Waals surface area contributed by atoms with Gasteiger partial charge >= 0.3 is 0 Å². The van der Waals surface area contributed by atoms with Crippen molar-refractivity contribution in [3.63, 3.8) is 0 Å². The highest BCUT2D eigenvalue weighted by molar-refractivity contribution is 5.97. The number of anilines is 1. The van der Waals surface area contributed by atoms with Crippen LogP contribution in [0.3, 0.4) is 0 Å². The van der Waals surface area contributed by atoms with Crippen LogP contribution in [0.4, 0.5) is 10.1 Å². The number of methoxy groups -OCH3 is 2. The first-order chi connectivity index (χ1) is 13.5. The van der Waals surface area contributed by atoms with Crippen molar-refractivity contribution in [3.05, 3.63) is 53.8 Å². The standard InChI is InChI=1S/C21H23FN2O4/c1-27-18-8-7-14(11-19(18)28-2)9-10-24-13-15(12-20(24)25)21(26)23-17-6-4-3-5-16(17)22/h3-8,11,15H,9-10,12-13H2,1-2H3,(H,23,26)/t15-/m0/s1. The molecule has 6 nitrogen and oxygen atoms in total. The number of hydrogen-bond acceptors (Lipinski definition) is 4. The lowest BCUT2D eigenvalue weighted by atomic mass is 10.1. The summed E-state index contributed by atoms with van der Waals surface area (Å²) in [5.41, 5.74) is 1.13. The van der Waals surface area contributed by atoms with Gasteiger partial charge in [0.05, 0.1) is 25.8 Å². The molecule has 0 bridgehead atoms. The summed E-state index contributed by atoms with van der Waals surface area (Å²) in [4.78, 5) is 26.3. The maximum absolute atomic E-state index is 13.7. The third kappa shape index (κ3) is 4.42. The van der Waals surface area contributed by atoms with Gasteiger partial charge in [-0.05, 0) is 36.2 Å². The van der Waals surface area contributed by atoms with E-state index in [1.165, 1.54) is 12.1 Å². The fraction of sp³-hybridized carbons (Fsp3) is 0.333. The van der Waals surface area contributed by atoms with Gasteiger partial charge in [-0.3, -0.25) is 9.59 Å². The molecule has 0 unspecified atom stereocenters. The van der Waals surface area contributed by atoms with Gasteiger partial charge in [0, 0.05) is 19.5 Å². The van der Waals surface area contributed by atoms with Crippen LogP contribution in [0.25, 0.3) is 0 Å². The van der Waals surface area contributed by atoms with Crippen LogP contribution in [0.2, 0.25) is 0 Å². The quantitative estimate of drug-likeness (QED) is 0.795. The van der Waals surface area contributed by atoms with E-state index >= 15 is 0 Å². The Labute approximate surface area is 163 Å². The Kier molecular flexibility index (Phi) is 6.13. The highest BCUT2D eigenvalue weighted by Gasteiger charge is 2.34. The second-order valence-electron chi connectivity index (χ2n) is 6.65. The predicted molar refractivity (Wildman–Crippen MR) is 103 cm³/mol. The molecule has 1 aliphatic heterocycles. The fourth-order valence-corrected chi connectivity index (χ4v) is 3.26. The molecule has 3 rings (SSSR count). The smallest absolute Gasteiger partial charge is 0.229 e. The van der Waals surface area contributed by atoms with E-state index in [2.05, 4.69) is 5.32 Å². The summed E-state index contributed by atoms with van der Waals surface area (Å²) in [6.07, 6.45) is 0.764. The number of amides is 2. The molecule has 1 fully saturated rings. The van der Waals surface area contributed by atoms with E-state index in [0.29, 0.717) is 31.0 Å². The molecule has 7 heteroatoms. The number of rotatable bonds is 7. The van der Waals surface area contributed by atoms with Gasteiger partial charge in [0.25, 0.3) is 0 Å². The van der Waals surface area contributed by atoms with Crippen LogP contribution < -0.4 is 14.8 Å². The molecular weight excluding hydrogens is 363 g/mol. The van der Waals surface area contributed by atoms with Gasteiger partial charge in [0.2, 0.25) is 11.8 Å². The van der Waals surface area contributed by atoms with E-state index in [9.17, 15) is 14.0 Å². The first kappa shape index (κ1) is 19.7.